The van der Waals surface area contributed by atoms with Gasteiger partial charge in [-0.25, -0.2) is 0 Å². The van der Waals surface area contributed by atoms with E-state index in [4.69, 9.17) is 11.6 Å². The highest BCUT2D eigenvalue weighted by Gasteiger charge is 2.12. The van der Waals surface area contributed by atoms with Crippen LogP contribution in [0.1, 0.15) is 5.56 Å². The van der Waals surface area contributed by atoms with E-state index in [1.807, 2.05) is 18.2 Å². The topological polar surface area (TPSA) is 63.4 Å². The smallest absolute Gasteiger partial charge is 0.234 e. The number of rotatable bonds is 3. The first-order valence-corrected chi connectivity index (χ1v) is 7.40. The van der Waals surface area contributed by atoms with Gasteiger partial charge in [0.1, 0.15) is 11.3 Å². The van der Waals surface area contributed by atoms with Crippen molar-refractivity contribution in [3.63, 3.8) is 0 Å². The van der Waals surface area contributed by atoms with Gasteiger partial charge in [-0.1, -0.05) is 35.1 Å². The van der Waals surface area contributed by atoms with E-state index in [0.717, 1.165) is 21.1 Å². The van der Waals surface area contributed by atoms with Crippen molar-refractivity contribution in [2.45, 2.75) is 6.42 Å². The van der Waals surface area contributed by atoms with Crippen LogP contribution in [0.25, 0.3) is 15.5 Å². The summed E-state index contributed by atoms with van der Waals surface area (Å²) in [5, 5.41) is 13.5. The van der Waals surface area contributed by atoms with Crippen LogP contribution in [0.2, 0.25) is 5.02 Å². The number of halogens is 1. The van der Waals surface area contributed by atoms with Crippen LogP contribution in [0.4, 0.5) is 0 Å². The fraction of sp³-hybridized carbons (Fsp3) is 0.231. The number of aromatic nitrogens is 4. The minimum atomic E-state index is 0.0171. The normalized spacial score (nSPS) is 11.0. The second-order valence-electron chi connectivity index (χ2n) is 4.74. The molecule has 0 saturated heterocycles. The van der Waals surface area contributed by atoms with Gasteiger partial charge in [0, 0.05) is 24.7 Å². The van der Waals surface area contributed by atoms with Crippen LogP contribution in [0, 0.1) is 0 Å². The Balaban J connectivity index is 1.90. The summed E-state index contributed by atoms with van der Waals surface area (Å²) in [5.41, 5.74) is 1.71. The third-order valence-electron chi connectivity index (χ3n) is 3.03. The summed E-state index contributed by atoms with van der Waals surface area (Å²) < 4.78 is 1.62. The number of benzene rings is 1. The maximum absolute atomic E-state index is 11.7. The fourth-order valence-electron chi connectivity index (χ4n) is 1.82. The molecule has 0 aliphatic rings. The molecule has 0 fully saturated rings. The van der Waals surface area contributed by atoms with E-state index in [-0.39, 0.29) is 12.3 Å². The van der Waals surface area contributed by atoms with E-state index in [9.17, 15) is 4.79 Å². The van der Waals surface area contributed by atoms with Crippen LogP contribution in [0.5, 0.6) is 0 Å². The standard InChI is InChI=1S/C13H12ClN5OS/c1-18(2)11(20)6-8-3-4-9(5-10(8)14)12-17-19-7-15-16-13(19)21-12/h3-5,7H,6H2,1-2H3. The summed E-state index contributed by atoms with van der Waals surface area (Å²) in [6.45, 7) is 0. The summed E-state index contributed by atoms with van der Waals surface area (Å²) in [5.74, 6) is 0.0171. The van der Waals surface area contributed by atoms with E-state index in [1.54, 1.807) is 29.8 Å². The lowest BCUT2D eigenvalue weighted by molar-refractivity contribution is -0.127. The van der Waals surface area contributed by atoms with Crippen molar-refractivity contribution >= 4 is 33.8 Å². The minimum absolute atomic E-state index is 0.0171. The van der Waals surface area contributed by atoms with Crippen molar-refractivity contribution in [3.05, 3.63) is 35.1 Å². The Bertz CT molecular complexity index is 781. The molecule has 0 aliphatic heterocycles. The summed E-state index contributed by atoms with van der Waals surface area (Å²) in [6.07, 6.45) is 1.85. The number of carbonyl (C=O) groups is 1. The average molecular weight is 322 g/mol. The molecule has 0 aliphatic carbocycles. The maximum Gasteiger partial charge on any atom is 0.234 e. The van der Waals surface area contributed by atoms with Gasteiger partial charge in [0.2, 0.25) is 10.9 Å². The average Bonchev–Trinajstić information content (AvgIpc) is 3.01. The number of likely N-dealkylation sites (N-methyl/N-ethyl adjacent to an activating group) is 1. The van der Waals surface area contributed by atoms with Gasteiger partial charge in [0.05, 0.1) is 6.42 Å². The van der Waals surface area contributed by atoms with Crippen LogP contribution in [0.3, 0.4) is 0 Å². The van der Waals surface area contributed by atoms with E-state index >= 15 is 0 Å². The van der Waals surface area contributed by atoms with Gasteiger partial charge in [-0.05, 0) is 11.6 Å². The predicted octanol–water partition coefficient (Wildman–Crippen LogP) is 2.14. The molecular formula is C13H12ClN5OS. The molecule has 6 nitrogen and oxygen atoms in total. The van der Waals surface area contributed by atoms with Crippen molar-refractivity contribution in [3.8, 4) is 10.6 Å². The van der Waals surface area contributed by atoms with Gasteiger partial charge in [0.25, 0.3) is 0 Å². The lowest BCUT2D eigenvalue weighted by Crippen LogP contribution is -2.23. The van der Waals surface area contributed by atoms with E-state index in [0.29, 0.717) is 5.02 Å². The number of amides is 1. The van der Waals surface area contributed by atoms with Crippen molar-refractivity contribution in [1.29, 1.82) is 0 Å². The van der Waals surface area contributed by atoms with Crippen molar-refractivity contribution in [2.24, 2.45) is 0 Å². The molecule has 1 aromatic carbocycles. The zero-order valence-corrected chi connectivity index (χ0v) is 13.0. The molecule has 0 N–H and O–H groups in total. The molecule has 108 valence electrons. The molecule has 0 bridgehead atoms. The quantitative estimate of drug-likeness (QED) is 0.741. The first-order chi connectivity index (χ1) is 10.0. The van der Waals surface area contributed by atoms with Crippen LogP contribution in [-0.4, -0.2) is 44.7 Å². The molecule has 21 heavy (non-hydrogen) atoms. The maximum atomic E-state index is 11.7. The number of hydrogen-bond acceptors (Lipinski definition) is 5. The van der Waals surface area contributed by atoms with Crippen molar-refractivity contribution in [1.82, 2.24) is 24.7 Å². The Morgan fingerprint density at radius 1 is 1.43 bits per heavy atom. The number of nitrogens with zero attached hydrogens (tertiary/aromatic N) is 5. The summed E-state index contributed by atoms with van der Waals surface area (Å²) in [4.78, 5) is 14.0. The molecule has 1 amide bonds. The molecule has 2 heterocycles. The second-order valence-corrected chi connectivity index (χ2v) is 6.10. The number of fused-ring (bicyclic) bond motifs is 1. The molecule has 3 aromatic rings. The van der Waals surface area contributed by atoms with Crippen LogP contribution in [-0.2, 0) is 11.2 Å². The Kier molecular flexibility index (Phi) is 3.60. The van der Waals surface area contributed by atoms with E-state index in [1.165, 1.54) is 11.3 Å². The lowest BCUT2D eigenvalue weighted by Gasteiger charge is -2.11. The summed E-state index contributed by atoms with van der Waals surface area (Å²) >= 11 is 7.71. The van der Waals surface area contributed by atoms with Crippen LogP contribution in [0.15, 0.2) is 24.5 Å². The first kappa shape index (κ1) is 14.0. The first-order valence-electron chi connectivity index (χ1n) is 6.20. The zero-order valence-electron chi connectivity index (χ0n) is 11.4. The third kappa shape index (κ3) is 2.74. The highest BCUT2D eigenvalue weighted by atomic mass is 35.5. The van der Waals surface area contributed by atoms with Crippen LogP contribution < -0.4 is 0 Å². The predicted molar refractivity (Wildman–Crippen MR) is 81.5 cm³/mol. The third-order valence-corrected chi connectivity index (χ3v) is 4.34. The monoisotopic (exact) mass is 321 g/mol. The minimum Gasteiger partial charge on any atom is -0.349 e. The van der Waals surface area contributed by atoms with Gasteiger partial charge in [-0.2, -0.15) is 9.61 Å². The molecule has 0 saturated carbocycles. The van der Waals surface area contributed by atoms with Gasteiger partial charge in [0.15, 0.2) is 0 Å². The molecular weight excluding hydrogens is 310 g/mol. The van der Waals surface area contributed by atoms with Gasteiger partial charge >= 0.3 is 0 Å². The van der Waals surface area contributed by atoms with Gasteiger partial charge < -0.3 is 4.90 Å². The molecule has 0 atom stereocenters. The molecule has 0 radical (unpaired) electrons. The zero-order chi connectivity index (χ0) is 15.0. The van der Waals surface area contributed by atoms with E-state index < -0.39 is 0 Å². The lowest BCUT2D eigenvalue weighted by atomic mass is 10.1. The van der Waals surface area contributed by atoms with Gasteiger partial charge in [-0.15, -0.1) is 10.2 Å². The number of hydrogen-bond donors (Lipinski definition) is 0. The Morgan fingerprint density at radius 3 is 2.90 bits per heavy atom. The summed E-state index contributed by atoms with van der Waals surface area (Å²) in [7, 11) is 3.45. The Labute approximate surface area is 130 Å². The largest absolute Gasteiger partial charge is 0.349 e. The number of carbonyl (C=O) groups excluding carboxylic acids is 1. The molecule has 0 spiro atoms. The highest BCUT2D eigenvalue weighted by molar-refractivity contribution is 7.19. The summed E-state index contributed by atoms with van der Waals surface area (Å²) in [6, 6.07) is 5.60. The highest BCUT2D eigenvalue weighted by Crippen LogP contribution is 2.29. The molecule has 2 aromatic heterocycles. The fourth-order valence-corrected chi connectivity index (χ4v) is 2.88. The van der Waals surface area contributed by atoms with Crippen molar-refractivity contribution < 1.29 is 4.79 Å². The molecule has 3 rings (SSSR count). The van der Waals surface area contributed by atoms with Crippen LogP contribution >= 0.6 is 22.9 Å². The SMILES string of the molecule is CN(C)C(=O)Cc1ccc(-c2nn3cnnc3s2)cc1Cl. The van der Waals surface area contributed by atoms with Crippen molar-refractivity contribution in [2.75, 3.05) is 14.1 Å². The molecule has 0 unspecified atom stereocenters. The Hall–Kier alpha value is -1.99. The van der Waals surface area contributed by atoms with E-state index in [2.05, 4.69) is 15.3 Å². The Morgan fingerprint density at radius 2 is 2.24 bits per heavy atom. The molecule has 8 heteroatoms. The van der Waals surface area contributed by atoms with Gasteiger partial charge in [-0.3, -0.25) is 4.79 Å². The second kappa shape index (κ2) is 5.42.